The van der Waals surface area contributed by atoms with Crippen LogP contribution in [0.15, 0.2) is 0 Å². The molecule has 1 rings (SSSR count). The third-order valence-electron chi connectivity index (χ3n) is 2.98. The molecule has 0 saturated heterocycles. The lowest BCUT2D eigenvalue weighted by atomic mass is 10.0. The van der Waals surface area contributed by atoms with Crippen LogP contribution in [0.25, 0.3) is 0 Å². The standard InChI is InChI=1S/C12H22N2O2/c1-9-12(10(2)14(3)13-9)8-11(15)6-5-7-16-4/h11,15H,5-8H2,1-4H3. The molecule has 0 saturated carbocycles. The van der Waals surface area contributed by atoms with Crippen LogP contribution in [0.3, 0.4) is 0 Å². The molecule has 0 aromatic carbocycles. The second-order valence-electron chi connectivity index (χ2n) is 4.27. The van der Waals surface area contributed by atoms with Gasteiger partial charge in [-0.15, -0.1) is 0 Å². The number of aliphatic hydroxyl groups excluding tert-OH is 1. The predicted octanol–water partition coefficient (Wildman–Crippen LogP) is 1.37. The summed E-state index contributed by atoms with van der Waals surface area (Å²) in [6, 6.07) is 0. The number of nitrogens with zero attached hydrogens (tertiary/aromatic N) is 2. The highest BCUT2D eigenvalue weighted by molar-refractivity contribution is 5.24. The number of methoxy groups -OCH3 is 1. The van der Waals surface area contributed by atoms with Crippen molar-refractivity contribution in [1.29, 1.82) is 0 Å². The van der Waals surface area contributed by atoms with Crippen LogP contribution in [0, 0.1) is 13.8 Å². The summed E-state index contributed by atoms with van der Waals surface area (Å²) in [6.45, 7) is 4.74. The minimum Gasteiger partial charge on any atom is -0.393 e. The molecule has 0 aliphatic heterocycles. The fraction of sp³-hybridized carbons (Fsp3) is 0.750. The molecule has 0 spiro atoms. The second kappa shape index (κ2) is 6.01. The third-order valence-corrected chi connectivity index (χ3v) is 2.98. The average molecular weight is 226 g/mol. The minimum absolute atomic E-state index is 0.295. The van der Waals surface area contributed by atoms with Crippen LogP contribution in [0.4, 0.5) is 0 Å². The van der Waals surface area contributed by atoms with Gasteiger partial charge in [0.1, 0.15) is 0 Å². The van der Waals surface area contributed by atoms with Crippen molar-refractivity contribution in [2.75, 3.05) is 13.7 Å². The van der Waals surface area contributed by atoms with Gasteiger partial charge in [0.2, 0.25) is 0 Å². The van der Waals surface area contributed by atoms with Crippen molar-refractivity contribution in [3.05, 3.63) is 17.0 Å². The highest BCUT2D eigenvalue weighted by Gasteiger charge is 2.13. The molecule has 1 aromatic rings. The Hall–Kier alpha value is -0.870. The zero-order chi connectivity index (χ0) is 12.1. The first-order valence-electron chi connectivity index (χ1n) is 5.72. The van der Waals surface area contributed by atoms with Gasteiger partial charge in [0.15, 0.2) is 0 Å². The molecule has 92 valence electrons. The van der Waals surface area contributed by atoms with Crippen LogP contribution < -0.4 is 0 Å². The van der Waals surface area contributed by atoms with Crippen LogP contribution in [0.5, 0.6) is 0 Å². The van der Waals surface area contributed by atoms with Crippen molar-refractivity contribution in [3.8, 4) is 0 Å². The van der Waals surface area contributed by atoms with E-state index in [2.05, 4.69) is 5.10 Å². The molecular formula is C12H22N2O2. The van der Waals surface area contributed by atoms with E-state index < -0.39 is 0 Å². The lowest BCUT2D eigenvalue weighted by Crippen LogP contribution is -2.12. The Morgan fingerprint density at radius 3 is 2.62 bits per heavy atom. The SMILES string of the molecule is COCCCC(O)Cc1c(C)nn(C)c1C. The Labute approximate surface area is 97.2 Å². The lowest BCUT2D eigenvalue weighted by Gasteiger charge is -2.10. The molecule has 0 fully saturated rings. The molecule has 0 amide bonds. The summed E-state index contributed by atoms with van der Waals surface area (Å²) in [5.41, 5.74) is 3.33. The van der Waals surface area contributed by atoms with Crippen LogP contribution in [0.2, 0.25) is 0 Å². The van der Waals surface area contributed by atoms with Crippen molar-refractivity contribution >= 4 is 0 Å². The Morgan fingerprint density at radius 2 is 2.12 bits per heavy atom. The van der Waals surface area contributed by atoms with Gasteiger partial charge in [-0.2, -0.15) is 5.10 Å². The van der Waals surface area contributed by atoms with E-state index in [1.165, 1.54) is 5.56 Å². The molecule has 16 heavy (non-hydrogen) atoms. The summed E-state index contributed by atoms with van der Waals surface area (Å²) in [6.07, 6.45) is 2.07. The maximum absolute atomic E-state index is 9.89. The average Bonchev–Trinajstić information content (AvgIpc) is 2.46. The molecule has 0 aliphatic rings. The van der Waals surface area contributed by atoms with Gasteiger partial charge in [0, 0.05) is 32.9 Å². The summed E-state index contributed by atoms with van der Waals surface area (Å²) >= 11 is 0. The Bertz CT molecular complexity index is 334. The van der Waals surface area contributed by atoms with Crippen molar-refractivity contribution in [2.24, 2.45) is 7.05 Å². The number of aliphatic hydroxyl groups is 1. The molecule has 1 aromatic heterocycles. The van der Waals surface area contributed by atoms with Crippen molar-refractivity contribution in [1.82, 2.24) is 9.78 Å². The van der Waals surface area contributed by atoms with E-state index in [4.69, 9.17) is 4.74 Å². The van der Waals surface area contributed by atoms with Gasteiger partial charge in [0.25, 0.3) is 0 Å². The molecule has 0 radical (unpaired) electrons. The largest absolute Gasteiger partial charge is 0.393 e. The van der Waals surface area contributed by atoms with E-state index in [9.17, 15) is 5.11 Å². The second-order valence-corrected chi connectivity index (χ2v) is 4.27. The lowest BCUT2D eigenvalue weighted by molar-refractivity contribution is 0.135. The molecule has 4 nitrogen and oxygen atoms in total. The maximum atomic E-state index is 9.89. The molecule has 1 atom stereocenters. The molecule has 4 heteroatoms. The zero-order valence-corrected chi connectivity index (χ0v) is 10.7. The first-order valence-corrected chi connectivity index (χ1v) is 5.72. The molecule has 1 N–H and O–H groups in total. The number of aromatic nitrogens is 2. The number of rotatable bonds is 6. The third kappa shape index (κ3) is 3.32. The van der Waals surface area contributed by atoms with E-state index in [-0.39, 0.29) is 6.10 Å². The van der Waals surface area contributed by atoms with Crippen LogP contribution in [-0.2, 0) is 18.2 Å². The first-order chi connectivity index (χ1) is 7.56. The molecule has 0 bridgehead atoms. The first kappa shape index (κ1) is 13.2. The van der Waals surface area contributed by atoms with E-state index in [0.717, 1.165) is 24.2 Å². The fourth-order valence-corrected chi connectivity index (χ4v) is 1.91. The Balaban J connectivity index is 2.52. The van der Waals surface area contributed by atoms with Crippen LogP contribution >= 0.6 is 0 Å². The number of hydrogen-bond acceptors (Lipinski definition) is 3. The number of ether oxygens (including phenoxy) is 1. The van der Waals surface area contributed by atoms with Gasteiger partial charge in [-0.1, -0.05) is 0 Å². The highest BCUT2D eigenvalue weighted by Crippen LogP contribution is 2.15. The smallest absolute Gasteiger partial charge is 0.0629 e. The van der Waals surface area contributed by atoms with E-state index in [0.29, 0.717) is 13.0 Å². The van der Waals surface area contributed by atoms with E-state index in [1.54, 1.807) is 7.11 Å². The van der Waals surface area contributed by atoms with Crippen molar-refractivity contribution < 1.29 is 9.84 Å². The van der Waals surface area contributed by atoms with Gasteiger partial charge >= 0.3 is 0 Å². The molecular weight excluding hydrogens is 204 g/mol. The summed E-state index contributed by atoms with van der Waals surface area (Å²) in [5.74, 6) is 0. The summed E-state index contributed by atoms with van der Waals surface area (Å²) in [7, 11) is 3.62. The van der Waals surface area contributed by atoms with Crippen molar-refractivity contribution in [3.63, 3.8) is 0 Å². The normalized spacial score (nSPS) is 13.1. The van der Waals surface area contributed by atoms with Gasteiger partial charge < -0.3 is 9.84 Å². The van der Waals surface area contributed by atoms with Gasteiger partial charge in [0.05, 0.1) is 11.8 Å². The van der Waals surface area contributed by atoms with Crippen LogP contribution in [0.1, 0.15) is 29.8 Å². The molecule has 0 aliphatic carbocycles. The highest BCUT2D eigenvalue weighted by atomic mass is 16.5. The summed E-state index contributed by atoms with van der Waals surface area (Å²) < 4.78 is 6.83. The minimum atomic E-state index is -0.295. The predicted molar refractivity (Wildman–Crippen MR) is 63.5 cm³/mol. The van der Waals surface area contributed by atoms with Gasteiger partial charge in [-0.05, 0) is 32.3 Å². The summed E-state index contributed by atoms with van der Waals surface area (Å²) in [4.78, 5) is 0. The van der Waals surface area contributed by atoms with Crippen molar-refractivity contribution in [2.45, 2.75) is 39.2 Å². The van der Waals surface area contributed by atoms with E-state index >= 15 is 0 Å². The Morgan fingerprint density at radius 1 is 1.44 bits per heavy atom. The van der Waals surface area contributed by atoms with Crippen LogP contribution in [-0.4, -0.2) is 34.7 Å². The van der Waals surface area contributed by atoms with Gasteiger partial charge in [-0.3, -0.25) is 4.68 Å². The van der Waals surface area contributed by atoms with Gasteiger partial charge in [-0.25, -0.2) is 0 Å². The fourth-order valence-electron chi connectivity index (χ4n) is 1.91. The number of aryl methyl sites for hydroxylation is 2. The monoisotopic (exact) mass is 226 g/mol. The molecule has 1 heterocycles. The molecule has 1 unspecified atom stereocenters. The van der Waals surface area contributed by atoms with E-state index in [1.807, 2.05) is 25.6 Å². The number of hydrogen-bond donors (Lipinski definition) is 1. The Kier molecular flexibility index (Phi) is 4.96. The topological polar surface area (TPSA) is 47.3 Å². The maximum Gasteiger partial charge on any atom is 0.0629 e. The zero-order valence-electron chi connectivity index (χ0n) is 10.7. The quantitative estimate of drug-likeness (QED) is 0.745. The summed E-state index contributed by atoms with van der Waals surface area (Å²) in [5, 5.41) is 14.2.